The van der Waals surface area contributed by atoms with Gasteiger partial charge in [-0.15, -0.1) is 0 Å². The lowest BCUT2D eigenvalue weighted by molar-refractivity contribution is -0.124. The van der Waals surface area contributed by atoms with Gasteiger partial charge in [0.1, 0.15) is 4.32 Å². The van der Waals surface area contributed by atoms with Crippen molar-refractivity contribution >= 4 is 63.7 Å². The van der Waals surface area contributed by atoms with E-state index in [2.05, 4.69) is 15.8 Å². The van der Waals surface area contributed by atoms with Crippen molar-refractivity contribution in [3.8, 4) is 0 Å². The van der Waals surface area contributed by atoms with Crippen LogP contribution in [-0.2, 0) is 9.59 Å². The van der Waals surface area contributed by atoms with Gasteiger partial charge in [-0.2, -0.15) is 0 Å². The minimum atomic E-state index is -0.483. The van der Waals surface area contributed by atoms with Crippen LogP contribution in [0.15, 0.2) is 53.7 Å². The Balaban J connectivity index is 1.51. The second-order valence-electron chi connectivity index (χ2n) is 5.88. The highest BCUT2D eigenvalue weighted by atomic mass is 35.5. The predicted molar refractivity (Wildman–Crippen MR) is 116 cm³/mol. The van der Waals surface area contributed by atoms with Gasteiger partial charge in [-0.05, 0) is 35.9 Å². The number of rotatable bonds is 5. The third kappa shape index (κ3) is 5.63. The average molecular weight is 447 g/mol. The smallest absolute Gasteiger partial charge is 0.271 e. The van der Waals surface area contributed by atoms with Crippen LogP contribution in [-0.4, -0.2) is 38.5 Å². The Morgan fingerprint density at radius 2 is 1.97 bits per heavy atom. The normalized spacial score (nSPS) is 14.9. The Morgan fingerprint density at radius 1 is 1.21 bits per heavy atom. The summed E-state index contributed by atoms with van der Waals surface area (Å²) in [5, 5.41) is 0.608. The average Bonchev–Trinajstić information content (AvgIpc) is 2.99. The van der Waals surface area contributed by atoms with E-state index in [1.807, 2.05) is 0 Å². The number of thioether (sulfide) groups is 1. The Kier molecular flexibility index (Phi) is 6.97. The molecule has 0 saturated carbocycles. The minimum Gasteiger partial charge on any atom is -0.292 e. The fraction of sp³-hybridized carbons (Fsp3) is 0.105. The number of hydrazine groups is 1. The molecule has 0 bridgehead atoms. The van der Waals surface area contributed by atoms with Crippen molar-refractivity contribution in [1.29, 1.82) is 0 Å². The van der Waals surface area contributed by atoms with E-state index in [1.165, 1.54) is 22.9 Å². The van der Waals surface area contributed by atoms with E-state index in [0.717, 1.165) is 5.56 Å². The second kappa shape index (κ2) is 9.64. The van der Waals surface area contributed by atoms with Gasteiger partial charge < -0.3 is 0 Å². The summed E-state index contributed by atoms with van der Waals surface area (Å²) in [6, 6.07) is 10.3. The van der Waals surface area contributed by atoms with Gasteiger partial charge in [0, 0.05) is 30.4 Å². The van der Waals surface area contributed by atoms with Crippen molar-refractivity contribution in [2.45, 2.75) is 6.42 Å². The van der Waals surface area contributed by atoms with E-state index < -0.39 is 11.8 Å². The van der Waals surface area contributed by atoms with E-state index in [9.17, 15) is 14.4 Å². The van der Waals surface area contributed by atoms with Crippen molar-refractivity contribution in [2.75, 3.05) is 6.54 Å². The molecule has 3 rings (SSSR count). The van der Waals surface area contributed by atoms with E-state index in [4.69, 9.17) is 23.8 Å². The summed E-state index contributed by atoms with van der Waals surface area (Å²) >= 11 is 12.3. The van der Waals surface area contributed by atoms with Crippen LogP contribution in [0.1, 0.15) is 22.3 Å². The van der Waals surface area contributed by atoms with E-state index >= 15 is 0 Å². The molecule has 3 amide bonds. The summed E-state index contributed by atoms with van der Waals surface area (Å²) in [5.41, 5.74) is 5.75. The first-order valence-corrected chi connectivity index (χ1v) is 10.0. The third-order valence-corrected chi connectivity index (χ3v) is 5.47. The molecule has 0 aliphatic carbocycles. The highest BCUT2D eigenvalue weighted by Gasteiger charge is 2.32. The van der Waals surface area contributed by atoms with Crippen LogP contribution in [0.25, 0.3) is 6.08 Å². The number of pyridine rings is 1. The van der Waals surface area contributed by atoms with Crippen molar-refractivity contribution in [3.63, 3.8) is 0 Å². The number of hydrogen-bond donors (Lipinski definition) is 2. The Morgan fingerprint density at radius 3 is 2.66 bits per heavy atom. The molecule has 148 valence electrons. The summed E-state index contributed by atoms with van der Waals surface area (Å²) in [5.74, 6) is -1.19. The van der Waals surface area contributed by atoms with Crippen LogP contribution in [0.5, 0.6) is 0 Å². The molecule has 2 heterocycles. The van der Waals surface area contributed by atoms with Gasteiger partial charge in [0.2, 0.25) is 5.91 Å². The van der Waals surface area contributed by atoms with Crippen LogP contribution >= 0.6 is 35.6 Å². The van der Waals surface area contributed by atoms with E-state index in [1.54, 1.807) is 48.7 Å². The molecule has 1 aliphatic heterocycles. The Labute approximate surface area is 181 Å². The number of carbonyl (C=O) groups excluding carboxylic acids is 3. The number of aromatic nitrogens is 1. The maximum atomic E-state index is 12.6. The second-order valence-corrected chi connectivity index (χ2v) is 7.99. The highest BCUT2D eigenvalue weighted by molar-refractivity contribution is 8.26. The SMILES string of the molecule is O=C(CCN1C(=O)/C(=C/c2ccc(Cl)cc2)SC1=S)NNC(=O)c1cccnc1. The number of benzene rings is 1. The van der Waals surface area contributed by atoms with Crippen molar-refractivity contribution in [1.82, 2.24) is 20.7 Å². The van der Waals surface area contributed by atoms with Crippen LogP contribution in [0.2, 0.25) is 5.02 Å². The fourth-order valence-electron chi connectivity index (χ4n) is 2.37. The summed E-state index contributed by atoms with van der Waals surface area (Å²) < 4.78 is 0.377. The topological polar surface area (TPSA) is 91.4 Å². The standard InChI is InChI=1S/C19H15ClN4O3S2/c20-14-5-3-12(4-6-14)10-15-18(27)24(19(28)29-15)9-7-16(25)22-23-17(26)13-2-1-8-21-11-13/h1-6,8,10-11H,7,9H2,(H,22,25)(H,23,26)/b15-10-. The molecule has 1 aromatic heterocycles. The molecule has 2 N–H and O–H groups in total. The zero-order chi connectivity index (χ0) is 20.8. The van der Waals surface area contributed by atoms with Crippen molar-refractivity contribution in [2.24, 2.45) is 0 Å². The lowest BCUT2D eigenvalue weighted by Gasteiger charge is -2.14. The number of hydrogen-bond acceptors (Lipinski definition) is 6. The highest BCUT2D eigenvalue weighted by Crippen LogP contribution is 2.32. The van der Waals surface area contributed by atoms with Crippen molar-refractivity contribution in [3.05, 3.63) is 69.8 Å². The number of amides is 3. The zero-order valence-electron chi connectivity index (χ0n) is 14.9. The van der Waals surface area contributed by atoms with Crippen LogP contribution in [0.3, 0.4) is 0 Å². The molecule has 2 aromatic rings. The predicted octanol–water partition coefficient (Wildman–Crippen LogP) is 2.79. The molecule has 29 heavy (non-hydrogen) atoms. The first-order chi connectivity index (χ1) is 13.9. The van der Waals surface area contributed by atoms with Gasteiger partial charge in [-0.1, -0.05) is 47.7 Å². The molecule has 0 unspecified atom stereocenters. The first-order valence-electron chi connectivity index (χ1n) is 8.44. The largest absolute Gasteiger partial charge is 0.292 e. The molecule has 7 nitrogen and oxygen atoms in total. The number of halogens is 1. The van der Waals surface area contributed by atoms with Crippen molar-refractivity contribution < 1.29 is 14.4 Å². The summed E-state index contributed by atoms with van der Waals surface area (Å²) in [6.07, 6.45) is 4.63. The molecule has 1 saturated heterocycles. The van der Waals surface area contributed by atoms with Gasteiger partial charge in [0.15, 0.2) is 0 Å². The van der Waals surface area contributed by atoms with Crippen LogP contribution in [0, 0.1) is 0 Å². The summed E-state index contributed by atoms with van der Waals surface area (Å²) in [7, 11) is 0. The third-order valence-electron chi connectivity index (χ3n) is 3.84. The molecule has 0 atom stereocenters. The fourth-order valence-corrected chi connectivity index (χ4v) is 3.81. The van der Waals surface area contributed by atoms with E-state index in [0.29, 0.717) is 19.8 Å². The van der Waals surface area contributed by atoms with Crippen LogP contribution in [0.4, 0.5) is 0 Å². The van der Waals surface area contributed by atoms with Gasteiger partial charge in [-0.3, -0.25) is 35.1 Å². The van der Waals surface area contributed by atoms with E-state index in [-0.39, 0.29) is 18.9 Å². The quantitative estimate of drug-likeness (QED) is 0.417. The molecular weight excluding hydrogens is 432 g/mol. The molecule has 0 radical (unpaired) electrons. The number of thiocarbonyl (C=S) groups is 1. The zero-order valence-corrected chi connectivity index (χ0v) is 17.3. The Hall–Kier alpha value is -2.75. The monoisotopic (exact) mass is 446 g/mol. The lowest BCUT2D eigenvalue weighted by Crippen LogP contribution is -2.43. The number of carbonyl (C=O) groups is 3. The van der Waals surface area contributed by atoms with Gasteiger partial charge in [0.25, 0.3) is 11.8 Å². The molecule has 1 fully saturated rings. The molecule has 0 spiro atoms. The van der Waals surface area contributed by atoms with Gasteiger partial charge in [-0.25, -0.2) is 0 Å². The van der Waals surface area contributed by atoms with Crippen LogP contribution < -0.4 is 10.9 Å². The minimum absolute atomic E-state index is 0.0199. The number of nitrogens with zero attached hydrogens (tertiary/aromatic N) is 2. The lowest BCUT2D eigenvalue weighted by atomic mass is 10.2. The maximum absolute atomic E-state index is 12.6. The van der Waals surface area contributed by atoms with Gasteiger partial charge in [0.05, 0.1) is 10.5 Å². The molecule has 1 aliphatic rings. The van der Waals surface area contributed by atoms with Gasteiger partial charge >= 0.3 is 0 Å². The first kappa shape index (κ1) is 21.0. The number of nitrogens with one attached hydrogen (secondary N) is 2. The molecular formula is C19H15ClN4O3S2. The summed E-state index contributed by atoms with van der Waals surface area (Å²) in [6.45, 7) is 0.108. The molecule has 1 aromatic carbocycles. The molecule has 10 heteroatoms. The Bertz CT molecular complexity index is 981. The maximum Gasteiger partial charge on any atom is 0.271 e. The summed E-state index contributed by atoms with van der Waals surface area (Å²) in [4.78, 5) is 42.1.